The lowest BCUT2D eigenvalue weighted by Gasteiger charge is -2.30. The predicted molar refractivity (Wildman–Crippen MR) is 69.9 cm³/mol. The molecule has 7 nitrogen and oxygen atoms in total. The first kappa shape index (κ1) is 23.4. The van der Waals surface area contributed by atoms with E-state index in [4.69, 9.17) is 0 Å². The summed E-state index contributed by atoms with van der Waals surface area (Å²) in [6, 6.07) is 0. The lowest BCUT2D eigenvalue weighted by atomic mass is 9.90. The molecule has 0 fully saturated rings. The normalized spacial score (nSPS) is 16.8. The molecule has 0 aliphatic rings. The fourth-order valence-electron chi connectivity index (χ4n) is 1.34. The molecule has 0 aliphatic carbocycles. The average Bonchev–Trinajstić information content (AvgIpc) is 2.31. The molecule has 0 aromatic rings. The van der Waals surface area contributed by atoms with E-state index in [-0.39, 0.29) is 6.42 Å². The molecule has 0 radical (unpaired) electrons. The summed E-state index contributed by atoms with van der Waals surface area (Å²) in [5.41, 5.74) is -1.60. The van der Waals surface area contributed by atoms with Crippen LogP contribution in [-0.4, -0.2) is 65.3 Å². The zero-order chi connectivity index (χ0) is 19.4. The van der Waals surface area contributed by atoms with Gasteiger partial charge in [0, 0.05) is 11.7 Å². The van der Waals surface area contributed by atoms with Crippen molar-refractivity contribution in [2.24, 2.45) is 5.41 Å². The van der Waals surface area contributed by atoms with Gasteiger partial charge >= 0.3 is 12.1 Å². The fourth-order valence-corrected chi connectivity index (χ4v) is 2.63. The SMILES string of the molecule is CC(CCS(C)(=O)=O)(COCC(F)(F)C(F)(F)F)COS(=O)(=O)[O-]. The van der Waals surface area contributed by atoms with Gasteiger partial charge in [-0.3, -0.25) is 4.18 Å². The minimum absolute atomic E-state index is 0.390. The number of hydrogen-bond donors (Lipinski definition) is 0. The quantitative estimate of drug-likeness (QED) is 0.303. The van der Waals surface area contributed by atoms with Gasteiger partial charge in [0.25, 0.3) is 0 Å². The van der Waals surface area contributed by atoms with Crippen LogP contribution in [0.3, 0.4) is 0 Å². The Balaban J connectivity index is 4.94. The average molecular weight is 407 g/mol. The molecule has 1 atom stereocenters. The van der Waals surface area contributed by atoms with Crippen molar-refractivity contribution in [2.45, 2.75) is 25.4 Å². The Morgan fingerprint density at radius 1 is 0.958 bits per heavy atom. The molecule has 0 saturated carbocycles. The second kappa shape index (κ2) is 7.76. The Hall–Kier alpha value is -0.570. The van der Waals surface area contributed by atoms with Crippen molar-refractivity contribution in [3.8, 4) is 0 Å². The highest BCUT2D eigenvalue weighted by atomic mass is 32.3. The van der Waals surface area contributed by atoms with Gasteiger partial charge in [-0.1, -0.05) is 6.92 Å². The van der Waals surface area contributed by atoms with Gasteiger partial charge in [-0.2, -0.15) is 22.0 Å². The second-order valence-electron chi connectivity index (χ2n) is 5.56. The highest BCUT2D eigenvalue weighted by molar-refractivity contribution is 7.90. The Labute approximate surface area is 136 Å². The Bertz CT molecular complexity index is 576. The van der Waals surface area contributed by atoms with E-state index in [9.17, 15) is 43.3 Å². The van der Waals surface area contributed by atoms with Crippen molar-refractivity contribution in [1.82, 2.24) is 0 Å². The fraction of sp³-hybridized carbons (Fsp3) is 1.00. The van der Waals surface area contributed by atoms with Crippen molar-refractivity contribution in [3.05, 3.63) is 0 Å². The lowest BCUT2D eigenvalue weighted by Crippen LogP contribution is -2.42. The Morgan fingerprint density at radius 2 is 1.46 bits per heavy atom. The lowest BCUT2D eigenvalue weighted by molar-refractivity contribution is -0.298. The van der Waals surface area contributed by atoms with Crippen LogP contribution in [-0.2, 0) is 29.2 Å². The molecule has 0 aromatic heterocycles. The first-order valence-corrected chi connectivity index (χ1v) is 9.57. The second-order valence-corrected chi connectivity index (χ2v) is 8.87. The number of alkyl halides is 5. The van der Waals surface area contributed by atoms with Crippen LogP contribution in [0.25, 0.3) is 0 Å². The van der Waals surface area contributed by atoms with Crippen LogP contribution in [0.1, 0.15) is 13.3 Å². The summed E-state index contributed by atoms with van der Waals surface area (Å²) in [6.45, 7) is -2.75. The zero-order valence-corrected chi connectivity index (χ0v) is 14.2. The molecule has 0 aliphatic heterocycles. The van der Waals surface area contributed by atoms with Crippen molar-refractivity contribution in [1.29, 1.82) is 0 Å². The monoisotopic (exact) mass is 407 g/mol. The maximum absolute atomic E-state index is 12.7. The smallest absolute Gasteiger partial charge is 0.455 e. The van der Waals surface area contributed by atoms with E-state index >= 15 is 0 Å². The van der Waals surface area contributed by atoms with E-state index in [0.717, 1.165) is 13.2 Å². The topological polar surface area (TPSA) is 110 Å². The molecule has 14 heteroatoms. The van der Waals surface area contributed by atoms with Gasteiger partial charge in [-0.05, 0) is 6.42 Å². The third kappa shape index (κ3) is 9.66. The van der Waals surface area contributed by atoms with Crippen LogP contribution >= 0.6 is 0 Å². The van der Waals surface area contributed by atoms with Gasteiger partial charge in [0.15, 0.2) is 0 Å². The van der Waals surface area contributed by atoms with Gasteiger partial charge in [0.2, 0.25) is 10.4 Å². The molecule has 0 amide bonds. The zero-order valence-electron chi connectivity index (χ0n) is 12.6. The highest BCUT2D eigenvalue weighted by Crippen LogP contribution is 2.36. The molecule has 0 N–H and O–H groups in total. The number of ether oxygens (including phenoxy) is 1. The van der Waals surface area contributed by atoms with Crippen LogP contribution in [0.15, 0.2) is 0 Å². The third-order valence-corrected chi connectivity index (χ3v) is 4.13. The molecule has 0 rings (SSSR count). The van der Waals surface area contributed by atoms with Crippen molar-refractivity contribution < 1.29 is 52.3 Å². The number of hydrogen-bond acceptors (Lipinski definition) is 7. The summed E-state index contributed by atoms with van der Waals surface area (Å²) < 4.78 is 123. The molecular weight excluding hydrogens is 391 g/mol. The van der Waals surface area contributed by atoms with E-state index in [2.05, 4.69) is 8.92 Å². The minimum atomic E-state index is -5.84. The first-order chi connectivity index (χ1) is 10.4. The van der Waals surface area contributed by atoms with Crippen LogP contribution in [0, 0.1) is 5.41 Å². The van der Waals surface area contributed by atoms with Gasteiger partial charge < -0.3 is 9.29 Å². The molecular formula is C10H16F5O7S2-. The summed E-state index contributed by atoms with van der Waals surface area (Å²) in [5, 5.41) is 0. The van der Waals surface area contributed by atoms with E-state index < -0.39 is 63.3 Å². The van der Waals surface area contributed by atoms with Gasteiger partial charge in [0.1, 0.15) is 16.4 Å². The first-order valence-electron chi connectivity index (χ1n) is 6.17. The maximum Gasteiger partial charge on any atom is 0.455 e. The molecule has 0 saturated heterocycles. The largest absolute Gasteiger partial charge is 0.726 e. The number of sulfone groups is 1. The predicted octanol–water partition coefficient (Wildman–Crippen LogP) is 1.12. The van der Waals surface area contributed by atoms with Crippen molar-refractivity contribution >= 4 is 20.2 Å². The van der Waals surface area contributed by atoms with Crippen LogP contribution in [0.5, 0.6) is 0 Å². The van der Waals surface area contributed by atoms with E-state index in [1.165, 1.54) is 0 Å². The number of rotatable bonds is 10. The van der Waals surface area contributed by atoms with Crippen molar-refractivity contribution in [2.75, 3.05) is 31.8 Å². The summed E-state index contributed by atoms with van der Waals surface area (Å²) in [7, 11) is -8.73. The van der Waals surface area contributed by atoms with Gasteiger partial charge in [0.05, 0.1) is 19.0 Å². The molecule has 24 heavy (non-hydrogen) atoms. The summed E-state index contributed by atoms with van der Waals surface area (Å²) >= 11 is 0. The van der Waals surface area contributed by atoms with Crippen LogP contribution in [0.2, 0.25) is 0 Å². The van der Waals surface area contributed by atoms with Gasteiger partial charge in [-0.25, -0.2) is 16.8 Å². The van der Waals surface area contributed by atoms with Crippen molar-refractivity contribution in [3.63, 3.8) is 0 Å². The van der Waals surface area contributed by atoms with Gasteiger partial charge in [-0.15, -0.1) is 0 Å². The highest BCUT2D eigenvalue weighted by Gasteiger charge is 2.57. The molecule has 146 valence electrons. The molecule has 1 unspecified atom stereocenters. The summed E-state index contributed by atoms with van der Waals surface area (Å²) in [5.74, 6) is -5.69. The summed E-state index contributed by atoms with van der Waals surface area (Å²) in [4.78, 5) is 0. The molecule has 0 bridgehead atoms. The van der Waals surface area contributed by atoms with E-state index in [1.54, 1.807) is 0 Å². The Kier molecular flexibility index (Phi) is 7.58. The summed E-state index contributed by atoms with van der Waals surface area (Å²) in [6.07, 6.45) is -5.40. The standard InChI is InChI=1S/C10H17F5O7S2/c1-8(3-4-23(2,16)17,6-22-24(18,19)20)5-21-7-9(11,12)10(13,14)15/h3-7H2,1-2H3,(H,18,19,20)/p-1. The Morgan fingerprint density at radius 3 is 1.83 bits per heavy atom. The van der Waals surface area contributed by atoms with Crippen LogP contribution < -0.4 is 0 Å². The molecule has 0 aromatic carbocycles. The van der Waals surface area contributed by atoms with Crippen LogP contribution in [0.4, 0.5) is 22.0 Å². The maximum atomic E-state index is 12.7. The number of halogens is 5. The molecule has 0 heterocycles. The van der Waals surface area contributed by atoms with E-state index in [0.29, 0.717) is 0 Å². The third-order valence-electron chi connectivity index (χ3n) is 2.78. The van der Waals surface area contributed by atoms with E-state index in [1.807, 2.05) is 0 Å². The molecule has 0 spiro atoms. The minimum Gasteiger partial charge on any atom is -0.726 e.